The zero-order valence-corrected chi connectivity index (χ0v) is 18.0. The van der Waals surface area contributed by atoms with Gasteiger partial charge in [0.25, 0.3) is 0 Å². The van der Waals surface area contributed by atoms with Gasteiger partial charge in [-0.3, -0.25) is 9.78 Å². The highest BCUT2D eigenvalue weighted by molar-refractivity contribution is 5.82. The highest BCUT2D eigenvalue weighted by Crippen LogP contribution is 2.40. The molecular formula is C24H23F3N4O2. The van der Waals surface area contributed by atoms with E-state index in [1.54, 1.807) is 30.5 Å². The van der Waals surface area contributed by atoms with Gasteiger partial charge in [0.2, 0.25) is 5.95 Å². The molecule has 3 aromatic rings. The summed E-state index contributed by atoms with van der Waals surface area (Å²) in [6, 6.07) is 9.87. The molecule has 0 atom stereocenters. The summed E-state index contributed by atoms with van der Waals surface area (Å²) in [5.41, 5.74) is 1.46. The monoisotopic (exact) mass is 456 g/mol. The number of aliphatic carboxylic acids is 1. The Morgan fingerprint density at radius 2 is 1.73 bits per heavy atom. The van der Waals surface area contributed by atoms with Crippen molar-refractivity contribution >= 4 is 17.6 Å². The molecule has 0 unspecified atom stereocenters. The van der Waals surface area contributed by atoms with Gasteiger partial charge in [0.15, 0.2) is 0 Å². The number of carbonyl (C=O) groups is 1. The number of hydrogen-bond acceptors (Lipinski definition) is 5. The highest BCUT2D eigenvalue weighted by Gasteiger charge is 2.42. The molecule has 1 aliphatic carbocycles. The molecular weight excluding hydrogens is 433 g/mol. The minimum absolute atomic E-state index is 0.163. The van der Waals surface area contributed by atoms with Gasteiger partial charge >= 0.3 is 12.1 Å². The molecule has 0 radical (unpaired) electrons. The average molecular weight is 456 g/mol. The van der Waals surface area contributed by atoms with Crippen LogP contribution in [-0.4, -0.2) is 26.0 Å². The van der Waals surface area contributed by atoms with Crippen LogP contribution < -0.4 is 5.32 Å². The van der Waals surface area contributed by atoms with Gasteiger partial charge in [-0.1, -0.05) is 25.3 Å². The Bertz CT molecular complexity index is 1170. The molecule has 33 heavy (non-hydrogen) atoms. The normalized spacial score (nSPS) is 15.8. The van der Waals surface area contributed by atoms with Crippen LogP contribution in [0.3, 0.4) is 0 Å². The van der Waals surface area contributed by atoms with Crippen LogP contribution in [0.15, 0.2) is 48.8 Å². The van der Waals surface area contributed by atoms with Crippen LogP contribution in [0.4, 0.5) is 24.8 Å². The lowest BCUT2D eigenvalue weighted by atomic mass is 9.71. The van der Waals surface area contributed by atoms with Crippen LogP contribution in [0.25, 0.3) is 11.1 Å². The van der Waals surface area contributed by atoms with Gasteiger partial charge in [-0.25, -0.2) is 9.97 Å². The largest absolute Gasteiger partial charge is 0.481 e. The number of pyridine rings is 1. The summed E-state index contributed by atoms with van der Waals surface area (Å²) in [6.45, 7) is 1.86. The van der Waals surface area contributed by atoms with E-state index in [0.717, 1.165) is 48.2 Å². The van der Waals surface area contributed by atoms with E-state index in [4.69, 9.17) is 0 Å². The van der Waals surface area contributed by atoms with E-state index in [9.17, 15) is 23.1 Å². The molecule has 0 saturated heterocycles. The Morgan fingerprint density at radius 1 is 1.00 bits per heavy atom. The minimum atomic E-state index is -4.57. The van der Waals surface area contributed by atoms with Crippen LogP contribution >= 0.6 is 0 Å². The van der Waals surface area contributed by atoms with Gasteiger partial charge in [0, 0.05) is 18.1 Å². The molecule has 1 aromatic carbocycles. The van der Waals surface area contributed by atoms with E-state index in [0.29, 0.717) is 24.2 Å². The molecule has 6 nitrogen and oxygen atoms in total. The van der Waals surface area contributed by atoms with Gasteiger partial charge in [-0.2, -0.15) is 13.2 Å². The van der Waals surface area contributed by atoms with Crippen molar-refractivity contribution in [2.45, 2.75) is 50.6 Å². The lowest BCUT2D eigenvalue weighted by Crippen LogP contribution is -2.38. The topological polar surface area (TPSA) is 88.0 Å². The lowest BCUT2D eigenvalue weighted by molar-refractivity contribution is -0.145. The van der Waals surface area contributed by atoms with Crippen molar-refractivity contribution in [1.29, 1.82) is 0 Å². The number of alkyl halides is 3. The second-order valence-corrected chi connectivity index (χ2v) is 8.35. The summed E-state index contributed by atoms with van der Waals surface area (Å²) in [7, 11) is 0. The van der Waals surface area contributed by atoms with Crippen LogP contribution in [0.5, 0.6) is 0 Å². The Labute approximate surface area is 188 Å². The first-order valence-electron chi connectivity index (χ1n) is 10.7. The van der Waals surface area contributed by atoms with Gasteiger partial charge in [-0.05, 0) is 66.8 Å². The number of aryl methyl sites for hydroxylation is 1. The zero-order chi connectivity index (χ0) is 23.6. The Kier molecular flexibility index (Phi) is 6.05. The van der Waals surface area contributed by atoms with E-state index < -0.39 is 23.3 Å². The molecule has 0 bridgehead atoms. The minimum Gasteiger partial charge on any atom is -0.481 e. The summed E-state index contributed by atoms with van der Waals surface area (Å²) in [4.78, 5) is 24.0. The van der Waals surface area contributed by atoms with Gasteiger partial charge in [0.05, 0.1) is 5.69 Å². The summed E-state index contributed by atoms with van der Waals surface area (Å²) < 4.78 is 38.9. The fourth-order valence-electron chi connectivity index (χ4n) is 4.33. The zero-order valence-electron chi connectivity index (χ0n) is 18.0. The third kappa shape index (κ3) is 4.81. The van der Waals surface area contributed by atoms with Gasteiger partial charge in [0.1, 0.15) is 11.1 Å². The number of anilines is 2. The van der Waals surface area contributed by atoms with E-state index in [2.05, 4.69) is 20.3 Å². The molecule has 1 aliphatic rings. The molecule has 1 saturated carbocycles. The molecule has 172 valence electrons. The standard InChI is InChI=1S/C24H23F3N4O2/c1-15-11-17(13-18(12-15)30-22-29-10-6-19(31-22)24(25,26)27)16-5-9-28-20(14-16)23(21(32)33)7-3-2-4-8-23/h5-6,9-14H,2-4,7-8H2,1H3,(H,32,33)(H,29,30,31). The first-order chi connectivity index (χ1) is 15.7. The van der Waals surface area contributed by atoms with Gasteiger partial charge in [-0.15, -0.1) is 0 Å². The van der Waals surface area contributed by atoms with Gasteiger partial charge < -0.3 is 10.4 Å². The molecule has 4 rings (SSSR count). The van der Waals surface area contributed by atoms with Crippen molar-refractivity contribution in [2.75, 3.05) is 5.32 Å². The van der Waals surface area contributed by atoms with Crippen LogP contribution in [0.2, 0.25) is 0 Å². The summed E-state index contributed by atoms with van der Waals surface area (Å²) >= 11 is 0. The predicted octanol–water partition coefficient (Wildman–Crippen LogP) is 5.90. The Morgan fingerprint density at radius 3 is 2.42 bits per heavy atom. The predicted molar refractivity (Wildman–Crippen MR) is 117 cm³/mol. The van der Waals surface area contributed by atoms with Crippen molar-refractivity contribution in [3.8, 4) is 11.1 Å². The number of hydrogen-bond donors (Lipinski definition) is 2. The number of rotatable bonds is 5. The summed E-state index contributed by atoms with van der Waals surface area (Å²) in [5.74, 6) is -1.02. The molecule has 0 amide bonds. The fourth-order valence-corrected chi connectivity index (χ4v) is 4.33. The number of nitrogens with one attached hydrogen (secondary N) is 1. The molecule has 2 N–H and O–H groups in total. The third-order valence-corrected chi connectivity index (χ3v) is 5.98. The molecule has 1 fully saturated rings. The van der Waals surface area contributed by atoms with Crippen LogP contribution in [0.1, 0.15) is 49.1 Å². The summed E-state index contributed by atoms with van der Waals surface area (Å²) in [6.07, 6.45) is 1.89. The Hall–Kier alpha value is -3.49. The maximum absolute atomic E-state index is 13.0. The fraction of sp³-hybridized carbons (Fsp3) is 0.333. The second-order valence-electron chi connectivity index (χ2n) is 8.35. The van der Waals surface area contributed by atoms with Crippen molar-refractivity contribution in [3.05, 3.63) is 65.7 Å². The maximum Gasteiger partial charge on any atom is 0.433 e. The second kappa shape index (κ2) is 8.80. The quantitative estimate of drug-likeness (QED) is 0.497. The SMILES string of the molecule is Cc1cc(Nc2nccc(C(F)(F)F)n2)cc(-c2ccnc(C3(C(=O)O)CCCCC3)c2)c1. The summed E-state index contributed by atoms with van der Waals surface area (Å²) in [5, 5.41) is 12.8. The first-order valence-corrected chi connectivity index (χ1v) is 10.7. The number of carboxylic acid groups (broad SMARTS) is 1. The van der Waals surface area contributed by atoms with Crippen LogP contribution in [-0.2, 0) is 16.4 Å². The number of aromatic nitrogens is 3. The number of halogens is 3. The Balaban J connectivity index is 1.68. The van der Waals surface area contributed by atoms with Crippen LogP contribution in [0, 0.1) is 6.92 Å². The highest BCUT2D eigenvalue weighted by atomic mass is 19.4. The lowest BCUT2D eigenvalue weighted by Gasteiger charge is -2.32. The number of nitrogens with zero attached hydrogens (tertiary/aromatic N) is 3. The van der Waals surface area contributed by atoms with Crippen molar-refractivity contribution in [3.63, 3.8) is 0 Å². The molecule has 2 aromatic heterocycles. The van der Waals surface area contributed by atoms with Crippen molar-refractivity contribution < 1.29 is 23.1 Å². The number of carboxylic acids is 1. The number of benzene rings is 1. The average Bonchev–Trinajstić information content (AvgIpc) is 2.79. The van der Waals surface area contributed by atoms with E-state index in [1.165, 1.54) is 0 Å². The molecule has 2 heterocycles. The van der Waals surface area contributed by atoms with Crippen molar-refractivity contribution in [1.82, 2.24) is 15.0 Å². The molecule has 9 heteroatoms. The maximum atomic E-state index is 13.0. The van der Waals surface area contributed by atoms with E-state index >= 15 is 0 Å². The smallest absolute Gasteiger partial charge is 0.433 e. The molecule has 0 aliphatic heterocycles. The molecule has 0 spiro atoms. The van der Waals surface area contributed by atoms with E-state index in [-0.39, 0.29) is 5.95 Å². The van der Waals surface area contributed by atoms with E-state index in [1.807, 2.05) is 13.0 Å². The third-order valence-electron chi connectivity index (χ3n) is 5.98. The first kappa shape index (κ1) is 22.7. The van der Waals surface area contributed by atoms with Crippen molar-refractivity contribution in [2.24, 2.45) is 0 Å².